The average Bonchev–Trinajstić information content (AvgIpc) is 3.08. The van der Waals surface area contributed by atoms with E-state index >= 15 is 0 Å². The van der Waals surface area contributed by atoms with Crippen LogP contribution in [0.4, 0.5) is 0 Å². The van der Waals surface area contributed by atoms with Crippen LogP contribution in [0.25, 0.3) is 10.9 Å². The molecule has 1 N–H and O–H groups in total. The zero-order chi connectivity index (χ0) is 22.9. The number of nitrogens with zero attached hydrogens (tertiary/aromatic N) is 1. The minimum atomic E-state index is -3.75. The average molecular weight is 443 g/mol. The number of aryl methyl sites for hydroxylation is 1. The summed E-state index contributed by atoms with van der Waals surface area (Å²) in [5, 5.41) is 0.762. The van der Waals surface area contributed by atoms with E-state index in [1.807, 2.05) is 24.3 Å². The third-order valence-corrected chi connectivity index (χ3v) is 7.30. The van der Waals surface area contributed by atoms with Crippen molar-refractivity contribution in [2.75, 3.05) is 7.05 Å². The number of esters is 1. The number of aromatic amines is 1. The number of sulfonamides is 1. The number of Topliss-reactive ketones (excluding diaryl/α,β-unsaturated/α-hetero) is 1. The maximum absolute atomic E-state index is 13.0. The van der Waals surface area contributed by atoms with Gasteiger partial charge < -0.3 is 9.72 Å². The molecule has 8 heteroatoms. The molecule has 7 nitrogen and oxygen atoms in total. The third kappa shape index (κ3) is 4.40. The van der Waals surface area contributed by atoms with Gasteiger partial charge >= 0.3 is 5.97 Å². The van der Waals surface area contributed by atoms with E-state index in [1.54, 1.807) is 20.8 Å². The Balaban J connectivity index is 1.83. The summed E-state index contributed by atoms with van der Waals surface area (Å²) in [6.07, 6.45) is -1.04. The van der Waals surface area contributed by atoms with Crippen molar-refractivity contribution in [2.24, 2.45) is 0 Å². The molecule has 1 atom stereocenters. The van der Waals surface area contributed by atoms with Gasteiger partial charge in [0.2, 0.25) is 15.8 Å². The van der Waals surface area contributed by atoms with Gasteiger partial charge in [-0.2, -0.15) is 4.31 Å². The summed E-state index contributed by atoms with van der Waals surface area (Å²) in [7, 11) is -2.27. The molecular weight excluding hydrogens is 416 g/mol. The fourth-order valence-electron chi connectivity index (χ4n) is 3.31. The van der Waals surface area contributed by atoms with Gasteiger partial charge in [0.05, 0.1) is 10.5 Å². The van der Waals surface area contributed by atoms with Gasteiger partial charge in [-0.25, -0.2) is 13.2 Å². The van der Waals surface area contributed by atoms with E-state index in [9.17, 15) is 18.0 Å². The highest BCUT2D eigenvalue weighted by Crippen LogP contribution is 2.24. The number of benzene rings is 2. The highest BCUT2D eigenvalue weighted by atomic mass is 32.2. The maximum Gasteiger partial charge on any atom is 0.338 e. The molecule has 1 heterocycles. The molecule has 0 aliphatic rings. The first-order valence-corrected chi connectivity index (χ1v) is 11.4. The molecule has 0 amide bonds. The highest BCUT2D eigenvalue weighted by Gasteiger charge is 2.27. The van der Waals surface area contributed by atoms with E-state index in [0.29, 0.717) is 11.3 Å². The van der Waals surface area contributed by atoms with Gasteiger partial charge in [0.1, 0.15) is 0 Å². The summed E-state index contributed by atoms with van der Waals surface area (Å²) < 4.78 is 32.0. The van der Waals surface area contributed by atoms with Crippen LogP contribution in [0.5, 0.6) is 0 Å². The SMILES string of the molecule is Cc1[nH]c2ccccc2c1C(=O)C(C)OC(=O)c1cccc(S(=O)(=O)N(C)C(C)C)c1. The number of carbonyl (C=O) groups excluding carboxylic acids is 2. The van der Waals surface area contributed by atoms with E-state index in [4.69, 9.17) is 4.74 Å². The number of ketones is 1. The topological polar surface area (TPSA) is 96.5 Å². The van der Waals surface area contributed by atoms with Crippen molar-refractivity contribution in [3.05, 3.63) is 65.4 Å². The number of carbonyl (C=O) groups is 2. The van der Waals surface area contributed by atoms with Crippen LogP contribution in [-0.4, -0.2) is 48.7 Å². The van der Waals surface area contributed by atoms with Crippen LogP contribution >= 0.6 is 0 Å². The van der Waals surface area contributed by atoms with Crippen LogP contribution in [0.1, 0.15) is 47.2 Å². The fourth-order valence-corrected chi connectivity index (χ4v) is 4.72. The highest BCUT2D eigenvalue weighted by molar-refractivity contribution is 7.89. The monoisotopic (exact) mass is 442 g/mol. The number of H-pyrrole nitrogens is 1. The Morgan fingerprint density at radius 3 is 2.39 bits per heavy atom. The molecule has 164 valence electrons. The lowest BCUT2D eigenvalue weighted by Gasteiger charge is -2.21. The van der Waals surface area contributed by atoms with Crippen molar-refractivity contribution in [1.82, 2.24) is 9.29 Å². The van der Waals surface area contributed by atoms with E-state index in [0.717, 1.165) is 10.9 Å². The van der Waals surface area contributed by atoms with Gasteiger partial charge in [0.15, 0.2) is 6.10 Å². The van der Waals surface area contributed by atoms with Crippen molar-refractivity contribution < 1.29 is 22.7 Å². The van der Waals surface area contributed by atoms with Crippen molar-refractivity contribution >= 4 is 32.7 Å². The molecule has 0 saturated carbocycles. The lowest BCUT2D eigenvalue weighted by atomic mass is 10.0. The largest absolute Gasteiger partial charge is 0.451 e. The molecule has 0 bridgehead atoms. The molecule has 0 radical (unpaired) electrons. The van der Waals surface area contributed by atoms with Gasteiger partial charge in [-0.15, -0.1) is 0 Å². The van der Waals surface area contributed by atoms with Gasteiger partial charge in [0.25, 0.3) is 0 Å². The minimum absolute atomic E-state index is 0.00963. The Labute approximate surface area is 182 Å². The van der Waals surface area contributed by atoms with Crippen LogP contribution in [-0.2, 0) is 14.8 Å². The lowest BCUT2D eigenvalue weighted by molar-refractivity contribution is 0.0319. The van der Waals surface area contributed by atoms with Gasteiger partial charge in [-0.3, -0.25) is 4.79 Å². The number of hydrogen-bond donors (Lipinski definition) is 1. The normalized spacial score (nSPS) is 13.0. The first-order valence-electron chi connectivity index (χ1n) is 9.94. The van der Waals surface area contributed by atoms with E-state index < -0.39 is 22.1 Å². The summed E-state index contributed by atoms with van der Waals surface area (Å²) >= 11 is 0. The zero-order valence-corrected chi connectivity index (χ0v) is 19.0. The van der Waals surface area contributed by atoms with Crippen molar-refractivity contribution in [2.45, 2.75) is 44.7 Å². The van der Waals surface area contributed by atoms with Crippen LogP contribution in [0.15, 0.2) is 53.4 Å². The van der Waals surface area contributed by atoms with Crippen molar-refractivity contribution in [1.29, 1.82) is 0 Å². The predicted molar refractivity (Wildman–Crippen MR) is 119 cm³/mol. The summed E-state index contributed by atoms with van der Waals surface area (Å²) in [5.74, 6) is -1.09. The number of aromatic nitrogens is 1. The third-order valence-electron chi connectivity index (χ3n) is 5.27. The summed E-state index contributed by atoms with van der Waals surface area (Å²) in [6.45, 7) is 6.82. The molecule has 0 fully saturated rings. The van der Waals surface area contributed by atoms with E-state index in [2.05, 4.69) is 4.98 Å². The van der Waals surface area contributed by atoms with Crippen molar-refractivity contribution in [3.63, 3.8) is 0 Å². The predicted octanol–water partition coefficient (Wildman–Crippen LogP) is 3.93. The molecule has 3 rings (SSSR count). The van der Waals surface area contributed by atoms with Gasteiger partial charge in [0, 0.05) is 35.2 Å². The molecule has 31 heavy (non-hydrogen) atoms. The Morgan fingerprint density at radius 1 is 1.03 bits per heavy atom. The van der Waals surface area contributed by atoms with E-state index in [-0.39, 0.29) is 22.3 Å². The second-order valence-electron chi connectivity index (χ2n) is 7.73. The summed E-state index contributed by atoms with van der Waals surface area (Å²) in [5.41, 5.74) is 2.06. The van der Waals surface area contributed by atoms with Gasteiger partial charge in [-0.05, 0) is 52.0 Å². The first kappa shape index (κ1) is 22.7. The molecule has 0 aliphatic heterocycles. The second-order valence-corrected chi connectivity index (χ2v) is 9.72. The summed E-state index contributed by atoms with van der Waals surface area (Å²) in [6, 6.07) is 12.8. The molecule has 0 aliphatic carbocycles. The number of nitrogens with one attached hydrogen (secondary N) is 1. The van der Waals surface area contributed by atoms with Crippen molar-refractivity contribution in [3.8, 4) is 0 Å². The molecular formula is C23H26N2O5S. The number of ether oxygens (including phenoxy) is 1. The molecule has 1 aromatic heterocycles. The Bertz CT molecular complexity index is 1240. The number of hydrogen-bond acceptors (Lipinski definition) is 5. The molecule has 1 unspecified atom stereocenters. The number of para-hydroxylation sites is 1. The summed E-state index contributed by atoms with van der Waals surface area (Å²) in [4.78, 5) is 28.8. The fraction of sp³-hybridized carbons (Fsp3) is 0.304. The maximum atomic E-state index is 13.0. The van der Waals surface area contributed by atoms with E-state index in [1.165, 1.54) is 42.5 Å². The quantitative estimate of drug-likeness (QED) is 0.442. The van der Waals surface area contributed by atoms with Crippen LogP contribution in [0.3, 0.4) is 0 Å². The Morgan fingerprint density at radius 2 is 1.71 bits per heavy atom. The Hall–Kier alpha value is -2.97. The van der Waals surface area contributed by atoms with Crippen LogP contribution < -0.4 is 0 Å². The number of rotatable bonds is 7. The zero-order valence-electron chi connectivity index (χ0n) is 18.2. The number of fused-ring (bicyclic) bond motifs is 1. The second kappa shape index (κ2) is 8.64. The Kier molecular flexibility index (Phi) is 6.33. The standard InChI is InChI=1S/C23H26N2O5S/c1-14(2)25(5)31(28,29)18-10-8-9-17(13-18)23(27)30-16(4)22(26)21-15(3)24-20-12-7-6-11-19(20)21/h6-14,16,24H,1-5H3. The molecule has 2 aromatic carbocycles. The molecule has 3 aromatic rings. The van der Waals surface area contributed by atoms with Gasteiger partial charge in [-0.1, -0.05) is 24.3 Å². The first-order chi connectivity index (χ1) is 14.5. The van der Waals surface area contributed by atoms with Crippen LogP contribution in [0, 0.1) is 6.92 Å². The lowest BCUT2D eigenvalue weighted by Crippen LogP contribution is -2.33. The molecule has 0 saturated heterocycles. The molecule has 0 spiro atoms. The van der Waals surface area contributed by atoms with Crippen LogP contribution in [0.2, 0.25) is 0 Å². The minimum Gasteiger partial charge on any atom is -0.451 e. The smallest absolute Gasteiger partial charge is 0.338 e.